The summed E-state index contributed by atoms with van der Waals surface area (Å²) < 4.78 is 5.76. The van der Waals surface area contributed by atoms with E-state index in [4.69, 9.17) is 16.3 Å². The molecule has 5 nitrogen and oxygen atoms in total. The molecule has 0 N–H and O–H groups in total. The Morgan fingerprint density at radius 3 is 2.90 bits per heavy atom. The van der Waals surface area contributed by atoms with E-state index in [9.17, 15) is 15.4 Å². The van der Waals surface area contributed by atoms with Crippen LogP contribution in [0, 0.1) is 26.9 Å². The van der Waals surface area contributed by atoms with Crippen LogP contribution in [0.15, 0.2) is 18.2 Å². The first-order valence-electron chi connectivity index (χ1n) is 6.53. The lowest BCUT2D eigenvalue weighted by molar-refractivity contribution is -0.385. The fraction of sp³-hybridized carbons (Fsp3) is 0.500. The smallest absolute Gasteiger partial charge is 0.274 e. The zero-order valence-corrected chi connectivity index (χ0v) is 11.5. The van der Waals surface area contributed by atoms with E-state index in [0.29, 0.717) is 23.4 Å². The van der Waals surface area contributed by atoms with Crippen molar-refractivity contribution in [3.8, 4) is 6.07 Å². The molecule has 1 aromatic carbocycles. The van der Waals surface area contributed by atoms with Crippen LogP contribution in [0.1, 0.15) is 24.8 Å². The molecule has 2 fully saturated rings. The molecule has 3 unspecified atom stereocenters. The monoisotopic (exact) mass is 292 g/mol. The quantitative estimate of drug-likeness (QED) is 0.633. The zero-order valence-electron chi connectivity index (χ0n) is 10.7. The van der Waals surface area contributed by atoms with Gasteiger partial charge in [0.25, 0.3) is 5.69 Å². The van der Waals surface area contributed by atoms with Gasteiger partial charge in [-0.15, -0.1) is 0 Å². The van der Waals surface area contributed by atoms with Crippen LogP contribution in [0.2, 0.25) is 5.02 Å². The van der Waals surface area contributed by atoms with Crippen molar-refractivity contribution in [2.24, 2.45) is 5.41 Å². The maximum atomic E-state index is 11.1. The summed E-state index contributed by atoms with van der Waals surface area (Å²) in [5, 5.41) is 21.0. The standard InChI is InChI=1S/C14H13ClN2O3/c15-10-2-1-9(12(5-10)17(18)19)6-14(8-16)7-11-3-4-13(14)20-11/h1-2,5,11,13H,3-4,6-7H2. The third-order valence-electron chi connectivity index (χ3n) is 4.29. The second-order valence-electron chi connectivity index (χ2n) is 5.50. The predicted octanol–water partition coefficient (Wildman–Crippen LogP) is 3.25. The highest BCUT2D eigenvalue weighted by molar-refractivity contribution is 6.30. The summed E-state index contributed by atoms with van der Waals surface area (Å²) in [6, 6.07) is 6.97. The number of benzene rings is 1. The Balaban J connectivity index is 1.95. The van der Waals surface area contributed by atoms with Crippen LogP contribution in [-0.4, -0.2) is 17.1 Å². The van der Waals surface area contributed by atoms with Gasteiger partial charge in [0, 0.05) is 23.1 Å². The molecular formula is C14H13ClN2O3. The van der Waals surface area contributed by atoms with Gasteiger partial charge in [-0.1, -0.05) is 17.7 Å². The molecule has 2 aliphatic heterocycles. The summed E-state index contributed by atoms with van der Waals surface area (Å²) in [6.45, 7) is 0. The van der Waals surface area contributed by atoms with Crippen molar-refractivity contribution in [3.05, 3.63) is 38.9 Å². The summed E-state index contributed by atoms with van der Waals surface area (Å²) in [5.41, 5.74) is -0.103. The number of nitro groups is 1. The molecule has 0 aromatic heterocycles. The van der Waals surface area contributed by atoms with Crippen molar-refractivity contribution in [3.63, 3.8) is 0 Å². The van der Waals surface area contributed by atoms with Crippen LogP contribution in [0.25, 0.3) is 0 Å². The fourth-order valence-corrected chi connectivity index (χ4v) is 3.51. The minimum atomic E-state index is -0.637. The van der Waals surface area contributed by atoms with Crippen molar-refractivity contribution in [1.82, 2.24) is 0 Å². The predicted molar refractivity (Wildman–Crippen MR) is 72.4 cm³/mol. The van der Waals surface area contributed by atoms with Gasteiger partial charge in [-0.3, -0.25) is 10.1 Å². The van der Waals surface area contributed by atoms with E-state index < -0.39 is 10.3 Å². The van der Waals surface area contributed by atoms with E-state index in [1.807, 2.05) is 0 Å². The zero-order chi connectivity index (χ0) is 14.3. The second-order valence-corrected chi connectivity index (χ2v) is 5.94. The number of rotatable bonds is 3. The first-order valence-corrected chi connectivity index (χ1v) is 6.91. The number of hydrogen-bond acceptors (Lipinski definition) is 4. The number of nitriles is 1. The van der Waals surface area contributed by atoms with Crippen LogP contribution < -0.4 is 0 Å². The third kappa shape index (κ3) is 2.05. The average molecular weight is 293 g/mol. The van der Waals surface area contributed by atoms with E-state index >= 15 is 0 Å². The van der Waals surface area contributed by atoms with Crippen LogP contribution in [0.4, 0.5) is 5.69 Å². The summed E-state index contributed by atoms with van der Waals surface area (Å²) >= 11 is 5.81. The normalized spacial score (nSPS) is 31.2. The molecule has 2 bridgehead atoms. The Kier molecular flexibility index (Phi) is 3.15. The molecule has 0 spiro atoms. The Morgan fingerprint density at radius 2 is 2.35 bits per heavy atom. The lowest BCUT2D eigenvalue weighted by Crippen LogP contribution is -2.33. The highest BCUT2D eigenvalue weighted by Gasteiger charge is 2.53. The molecule has 0 saturated carbocycles. The van der Waals surface area contributed by atoms with Crippen molar-refractivity contribution in [1.29, 1.82) is 5.26 Å². The molecule has 0 radical (unpaired) electrons. The molecule has 2 aliphatic rings. The van der Waals surface area contributed by atoms with Gasteiger partial charge in [-0.05, 0) is 25.3 Å². The molecule has 2 saturated heterocycles. The van der Waals surface area contributed by atoms with Crippen LogP contribution in [0.3, 0.4) is 0 Å². The van der Waals surface area contributed by atoms with E-state index in [0.717, 1.165) is 12.8 Å². The second kappa shape index (κ2) is 4.72. The molecule has 20 heavy (non-hydrogen) atoms. The van der Waals surface area contributed by atoms with Crippen molar-refractivity contribution >= 4 is 17.3 Å². The van der Waals surface area contributed by atoms with Gasteiger partial charge in [-0.2, -0.15) is 5.26 Å². The van der Waals surface area contributed by atoms with Crippen LogP contribution in [-0.2, 0) is 11.2 Å². The Hall–Kier alpha value is -1.64. The number of hydrogen-bond donors (Lipinski definition) is 0. The average Bonchev–Trinajstić information content (AvgIpc) is 3.01. The molecule has 6 heteroatoms. The SMILES string of the molecule is N#CC1(Cc2ccc(Cl)cc2[N+](=O)[O-])CC2CCC1O2. The molecule has 0 amide bonds. The highest BCUT2D eigenvalue weighted by Crippen LogP contribution is 2.50. The maximum Gasteiger partial charge on any atom is 0.274 e. The third-order valence-corrected chi connectivity index (χ3v) is 4.52. The van der Waals surface area contributed by atoms with Gasteiger partial charge in [0.15, 0.2) is 0 Å². The van der Waals surface area contributed by atoms with Gasteiger partial charge in [0.1, 0.15) is 0 Å². The largest absolute Gasteiger partial charge is 0.373 e. The summed E-state index contributed by atoms with van der Waals surface area (Å²) in [5.74, 6) is 0. The Morgan fingerprint density at radius 1 is 1.55 bits per heavy atom. The molecule has 104 valence electrons. The first kappa shape index (κ1) is 13.3. The molecule has 2 heterocycles. The molecule has 3 atom stereocenters. The lowest BCUT2D eigenvalue weighted by Gasteiger charge is -2.28. The van der Waals surface area contributed by atoms with Crippen LogP contribution in [0.5, 0.6) is 0 Å². The van der Waals surface area contributed by atoms with Crippen LogP contribution >= 0.6 is 11.6 Å². The number of nitrogens with zero attached hydrogens (tertiary/aromatic N) is 2. The molecular weight excluding hydrogens is 280 g/mol. The van der Waals surface area contributed by atoms with E-state index in [1.54, 1.807) is 12.1 Å². The minimum absolute atomic E-state index is 0.0186. The van der Waals surface area contributed by atoms with E-state index in [2.05, 4.69) is 6.07 Å². The Labute approximate surface area is 121 Å². The van der Waals surface area contributed by atoms with E-state index in [-0.39, 0.29) is 17.9 Å². The highest BCUT2D eigenvalue weighted by atomic mass is 35.5. The number of fused-ring (bicyclic) bond motifs is 2. The first-order chi connectivity index (χ1) is 9.54. The number of halogens is 1. The topological polar surface area (TPSA) is 76.2 Å². The fourth-order valence-electron chi connectivity index (χ4n) is 3.34. The van der Waals surface area contributed by atoms with Crippen molar-refractivity contribution in [2.75, 3.05) is 0 Å². The van der Waals surface area contributed by atoms with E-state index in [1.165, 1.54) is 6.07 Å². The maximum absolute atomic E-state index is 11.1. The summed E-state index contributed by atoms with van der Waals surface area (Å²) in [7, 11) is 0. The minimum Gasteiger partial charge on any atom is -0.373 e. The van der Waals surface area contributed by atoms with Gasteiger partial charge < -0.3 is 4.74 Å². The van der Waals surface area contributed by atoms with Gasteiger partial charge in [-0.25, -0.2) is 0 Å². The summed E-state index contributed by atoms with van der Waals surface area (Å²) in [4.78, 5) is 10.7. The van der Waals surface area contributed by atoms with Gasteiger partial charge >= 0.3 is 0 Å². The van der Waals surface area contributed by atoms with Crippen molar-refractivity contribution in [2.45, 2.75) is 37.9 Å². The summed E-state index contributed by atoms with van der Waals surface area (Å²) in [6.07, 6.45) is 2.88. The van der Waals surface area contributed by atoms with Gasteiger partial charge in [0.2, 0.25) is 0 Å². The lowest BCUT2D eigenvalue weighted by atomic mass is 9.71. The molecule has 3 rings (SSSR count). The number of ether oxygens (including phenoxy) is 1. The number of nitro benzene ring substituents is 1. The Bertz CT molecular complexity index is 613. The molecule has 0 aliphatic carbocycles. The van der Waals surface area contributed by atoms with Gasteiger partial charge in [0.05, 0.1) is 28.6 Å². The molecule has 1 aromatic rings. The van der Waals surface area contributed by atoms with Crippen molar-refractivity contribution < 1.29 is 9.66 Å².